The van der Waals surface area contributed by atoms with Crippen molar-refractivity contribution >= 4 is 11.6 Å². The lowest BCUT2D eigenvalue weighted by molar-refractivity contribution is 0.0998. The molecule has 110 valence electrons. The second-order valence-electron chi connectivity index (χ2n) is 4.42. The van der Waals surface area contributed by atoms with Crippen molar-refractivity contribution in [3.63, 3.8) is 0 Å². The number of primary amides is 1. The molecule has 2 heterocycles. The Labute approximate surface area is 124 Å². The molecule has 0 bridgehead atoms. The predicted octanol–water partition coefficient (Wildman–Crippen LogP) is 0.403. The van der Waals surface area contributed by atoms with Crippen molar-refractivity contribution in [1.82, 2.24) is 19.2 Å². The quantitative estimate of drug-likeness (QED) is 0.724. The molecule has 3 N–H and O–H groups in total. The van der Waals surface area contributed by atoms with Crippen molar-refractivity contribution in [1.29, 1.82) is 0 Å². The van der Waals surface area contributed by atoms with Gasteiger partial charge < -0.3 is 5.73 Å². The van der Waals surface area contributed by atoms with E-state index in [-0.39, 0.29) is 11.5 Å². The van der Waals surface area contributed by atoms with Crippen LogP contribution in [0.25, 0.3) is 5.95 Å². The number of nitrogens with two attached hydrogens (primary N) is 1. The third-order valence-corrected chi connectivity index (χ3v) is 2.96. The number of imidazole rings is 1. The highest BCUT2D eigenvalue weighted by Crippen LogP contribution is 2.08. The maximum Gasteiger partial charge on any atom is 0.286 e. The van der Waals surface area contributed by atoms with Gasteiger partial charge in [-0.25, -0.2) is 9.97 Å². The molecule has 8 nitrogen and oxygen atoms in total. The zero-order valence-electron chi connectivity index (χ0n) is 11.4. The maximum absolute atomic E-state index is 12.5. The first kappa shape index (κ1) is 13.6. The summed E-state index contributed by atoms with van der Waals surface area (Å²) in [6, 6.07) is 9.04. The van der Waals surface area contributed by atoms with Crippen LogP contribution >= 0.6 is 0 Å². The number of nitrogens with zero attached hydrogens (tertiary/aromatic N) is 4. The number of aromatic nitrogens is 4. The van der Waals surface area contributed by atoms with Gasteiger partial charge in [0.05, 0.1) is 5.69 Å². The zero-order valence-corrected chi connectivity index (χ0v) is 11.4. The molecule has 0 atom stereocenters. The summed E-state index contributed by atoms with van der Waals surface area (Å²) in [6.45, 7) is 0. The number of amides is 1. The Morgan fingerprint density at radius 3 is 2.64 bits per heavy atom. The van der Waals surface area contributed by atoms with Gasteiger partial charge in [-0.3, -0.25) is 19.6 Å². The van der Waals surface area contributed by atoms with Crippen LogP contribution in [-0.4, -0.2) is 25.1 Å². The molecular weight excluding hydrogens is 284 g/mol. The van der Waals surface area contributed by atoms with E-state index in [0.29, 0.717) is 5.69 Å². The summed E-state index contributed by atoms with van der Waals surface area (Å²) >= 11 is 0. The van der Waals surface area contributed by atoms with E-state index >= 15 is 0 Å². The number of hydrogen-bond acceptors (Lipinski definition) is 5. The fourth-order valence-electron chi connectivity index (χ4n) is 1.92. The highest BCUT2D eigenvalue weighted by atomic mass is 16.2. The normalized spacial score (nSPS) is 10.4. The number of carbonyl (C=O) groups excluding carboxylic acids is 1. The minimum absolute atomic E-state index is 0.202. The lowest BCUT2D eigenvalue weighted by atomic mass is 10.3. The van der Waals surface area contributed by atoms with Crippen LogP contribution in [-0.2, 0) is 0 Å². The second kappa shape index (κ2) is 5.52. The average molecular weight is 296 g/mol. The molecular formula is C14H12N6O2. The predicted molar refractivity (Wildman–Crippen MR) is 79.6 cm³/mol. The number of para-hydroxylation sites is 1. The topological polar surface area (TPSA) is 108 Å². The zero-order chi connectivity index (χ0) is 15.5. The first-order valence-corrected chi connectivity index (χ1v) is 6.39. The lowest BCUT2D eigenvalue weighted by Crippen LogP contribution is -2.36. The van der Waals surface area contributed by atoms with Gasteiger partial charge in [-0.1, -0.05) is 18.2 Å². The fourth-order valence-corrected chi connectivity index (χ4v) is 1.92. The van der Waals surface area contributed by atoms with Crippen molar-refractivity contribution in [2.24, 2.45) is 5.73 Å². The van der Waals surface area contributed by atoms with E-state index in [2.05, 4.69) is 15.4 Å². The van der Waals surface area contributed by atoms with Crippen molar-refractivity contribution in [2.75, 3.05) is 5.43 Å². The molecule has 0 saturated carbocycles. The number of anilines is 1. The summed E-state index contributed by atoms with van der Waals surface area (Å²) in [5, 5.41) is 0. The van der Waals surface area contributed by atoms with Crippen molar-refractivity contribution in [3.05, 3.63) is 71.2 Å². The number of nitrogens with one attached hydrogen (secondary N) is 1. The third-order valence-electron chi connectivity index (χ3n) is 2.96. The van der Waals surface area contributed by atoms with E-state index in [1.807, 2.05) is 18.2 Å². The van der Waals surface area contributed by atoms with E-state index in [1.165, 1.54) is 6.33 Å². The monoisotopic (exact) mass is 296 g/mol. The molecule has 1 aromatic carbocycles. The summed E-state index contributed by atoms with van der Waals surface area (Å²) in [5.74, 6) is -0.574. The highest BCUT2D eigenvalue weighted by Gasteiger charge is 2.15. The smallest absolute Gasteiger partial charge is 0.286 e. The van der Waals surface area contributed by atoms with Gasteiger partial charge in [-0.05, 0) is 12.1 Å². The molecule has 0 aliphatic carbocycles. The number of carbonyl (C=O) groups is 1. The Balaban J connectivity index is 2.17. The molecule has 0 fully saturated rings. The molecule has 22 heavy (non-hydrogen) atoms. The summed E-state index contributed by atoms with van der Waals surface area (Å²) in [6.07, 6.45) is 5.84. The van der Waals surface area contributed by atoms with Crippen molar-refractivity contribution in [2.45, 2.75) is 0 Å². The standard InChI is InChI=1S/C14H12N6O2/c15-12(21)11-8-17-14(19-7-6-16-9-19)20(13(11)22)18-10-4-2-1-3-5-10/h1-9,18H,(H2,15,21). The van der Waals surface area contributed by atoms with Crippen LogP contribution in [0.3, 0.4) is 0 Å². The molecule has 0 aliphatic heterocycles. The lowest BCUT2D eigenvalue weighted by Gasteiger charge is -2.14. The van der Waals surface area contributed by atoms with Gasteiger partial charge in [0, 0.05) is 18.6 Å². The Bertz CT molecular complexity index is 855. The average Bonchev–Trinajstić information content (AvgIpc) is 3.04. The highest BCUT2D eigenvalue weighted by molar-refractivity contribution is 5.92. The molecule has 3 aromatic rings. The van der Waals surface area contributed by atoms with E-state index in [1.54, 1.807) is 29.1 Å². The summed E-state index contributed by atoms with van der Waals surface area (Å²) in [5.41, 5.74) is 7.99. The molecule has 2 aromatic heterocycles. The number of benzene rings is 1. The van der Waals surface area contributed by atoms with Crippen molar-refractivity contribution in [3.8, 4) is 5.95 Å². The second-order valence-corrected chi connectivity index (χ2v) is 4.42. The Morgan fingerprint density at radius 1 is 1.23 bits per heavy atom. The molecule has 0 spiro atoms. The van der Waals surface area contributed by atoms with Crippen LogP contribution in [0.2, 0.25) is 0 Å². The van der Waals surface area contributed by atoms with Crippen LogP contribution in [0, 0.1) is 0 Å². The molecule has 0 unspecified atom stereocenters. The maximum atomic E-state index is 12.5. The Hall–Kier alpha value is -3.42. The first-order valence-electron chi connectivity index (χ1n) is 6.39. The minimum atomic E-state index is -0.835. The van der Waals surface area contributed by atoms with Gasteiger partial charge in [0.2, 0.25) is 5.95 Å². The van der Waals surface area contributed by atoms with Crippen LogP contribution in [0.15, 0.2) is 60.0 Å². The van der Waals surface area contributed by atoms with Gasteiger partial charge in [0.25, 0.3) is 11.5 Å². The molecule has 0 aliphatic rings. The summed E-state index contributed by atoms with van der Waals surface area (Å²) < 4.78 is 2.69. The Kier molecular flexibility index (Phi) is 3.40. The van der Waals surface area contributed by atoms with Crippen LogP contribution in [0.4, 0.5) is 5.69 Å². The molecule has 0 saturated heterocycles. The fraction of sp³-hybridized carbons (Fsp3) is 0. The largest absolute Gasteiger partial charge is 0.365 e. The molecule has 0 radical (unpaired) electrons. The van der Waals surface area contributed by atoms with Gasteiger partial charge in [-0.2, -0.15) is 4.68 Å². The molecule has 3 rings (SSSR count). The third kappa shape index (κ3) is 2.44. The van der Waals surface area contributed by atoms with Gasteiger partial charge in [0.15, 0.2) is 0 Å². The SMILES string of the molecule is NC(=O)c1cnc(-n2ccnc2)n(Nc2ccccc2)c1=O. The molecule has 1 amide bonds. The van der Waals surface area contributed by atoms with Gasteiger partial charge in [0.1, 0.15) is 11.9 Å². The van der Waals surface area contributed by atoms with Crippen LogP contribution in [0.5, 0.6) is 0 Å². The van der Waals surface area contributed by atoms with E-state index in [9.17, 15) is 9.59 Å². The van der Waals surface area contributed by atoms with Gasteiger partial charge >= 0.3 is 0 Å². The van der Waals surface area contributed by atoms with Crippen LogP contribution in [0.1, 0.15) is 10.4 Å². The van der Waals surface area contributed by atoms with E-state index in [0.717, 1.165) is 10.9 Å². The Morgan fingerprint density at radius 2 is 2.00 bits per heavy atom. The molecule has 8 heteroatoms. The summed E-state index contributed by atoms with van der Waals surface area (Å²) in [4.78, 5) is 31.8. The van der Waals surface area contributed by atoms with Crippen molar-refractivity contribution < 1.29 is 4.79 Å². The first-order chi connectivity index (χ1) is 10.7. The van der Waals surface area contributed by atoms with Gasteiger partial charge in [-0.15, -0.1) is 0 Å². The number of hydrogen-bond donors (Lipinski definition) is 2. The number of rotatable bonds is 4. The minimum Gasteiger partial charge on any atom is -0.365 e. The van der Waals surface area contributed by atoms with E-state index in [4.69, 9.17) is 5.73 Å². The van der Waals surface area contributed by atoms with Crippen LogP contribution < -0.4 is 16.7 Å². The van der Waals surface area contributed by atoms with E-state index < -0.39 is 11.5 Å². The summed E-state index contributed by atoms with van der Waals surface area (Å²) in [7, 11) is 0.